The quantitative estimate of drug-likeness (QED) is 0.849. The van der Waals surface area contributed by atoms with Crippen LogP contribution in [0.3, 0.4) is 0 Å². The molecule has 0 aromatic carbocycles. The van der Waals surface area contributed by atoms with E-state index in [1.807, 2.05) is 6.07 Å². The molecule has 0 atom stereocenters. The monoisotopic (exact) mass is 328 g/mol. The first-order valence-corrected chi connectivity index (χ1v) is 7.03. The SMILES string of the molecule is FC(F)(F)c1ncc2c(n1)CCN(Cc1cncc(Cl)c1)C2. The van der Waals surface area contributed by atoms with Crippen LogP contribution in [-0.4, -0.2) is 26.4 Å². The van der Waals surface area contributed by atoms with E-state index in [4.69, 9.17) is 11.6 Å². The maximum Gasteiger partial charge on any atom is 0.451 e. The van der Waals surface area contributed by atoms with Gasteiger partial charge in [0.2, 0.25) is 5.82 Å². The Kier molecular flexibility index (Phi) is 4.01. The maximum atomic E-state index is 12.6. The van der Waals surface area contributed by atoms with Gasteiger partial charge in [-0.25, -0.2) is 9.97 Å². The molecule has 1 aliphatic heterocycles. The van der Waals surface area contributed by atoms with E-state index in [9.17, 15) is 13.2 Å². The second-order valence-corrected chi connectivity index (χ2v) is 5.57. The molecule has 0 saturated carbocycles. The van der Waals surface area contributed by atoms with Gasteiger partial charge in [-0.2, -0.15) is 13.2 Å². The molecule has 2 aromatic rings. The molecule has 2 aromatic heterocycles. The topological polar surface area (TPSA) is 41.9 Å². The van der Waals surface area contributed by atoms with Crippen LogP contribution in [0.1, 0.15) is 22.6 Å². The van der Waals surface area contributed by atoms with Gasteiger partial charge in [-0.05, 0) is 11.6 Å². The van der Waals surface area contributed by atoms with Crippen LogP contribution in [0.2, 0.25) is 5.02 Å². The molecule has 4 nitrogen and oxygen atoms in total. The van der Waals surface area contributed by atoms with Crippen LogP contribution in [0, 0.1) is 0 Å². The second kappa shape index (κ2) is 5.81. The number of alkyl halides is 3. The predicted molar refractivity (Wildman–Crippen MR) is 74.1 cm³/mol. The van der Waals surface area contributed by atoms with Gasteiger partial charge in [-0.1, -0.05) is 11.6 Å². The Morgan fingerprint density at radius 1 is 1.23 bits per heavy atom. The van der Waals surface area contributed by atoms with Gasteiger partial charge in [0.1, 0.15) is 0 Å². The van der Waals surface area contributed by atoms with Crippen LogP contribution in [0.5, 0.6) is 0 Å². The summed E-state index contributed by atoms with van der Waals surface area (Å²) in [6.07, 6.45) is 0.523. The first kappa shape index (κ1) is 15.2. The number of rotatable bonds is 2. The number of fused-ring (bicyclic) bond motifs is 1. The van der Waals surface area contributed by atoms with Crippen LogP contribution in [0.4, 0.5) is 13.2 Å². The molecular formula is C14H12ClF3N4. The third-order valence-corrected chi connectivity index (χ3v) is 3.64. The molecule has 116 valence electrons. The molecule has 0 spiro atoms. The average Bonchev–Trinajstić information content (AvgIpc) is 2.45. The van der Waals surface area contributed by atoms with Crippen LogP contribution in [-0.2, 0) is 25.7 Å². The molecule has 1 aliphatic rings. The summed E-state index contributed by atoms with van der Waals surface area (Å²) >= 11 is 5.90. The second-order valence-electron chi connectivity index (χ2n) is 5.14. The average molecular weight is 329 g/mol. The zero-order valence-corrected chi connectivity index (χ0v) is 12.2. The van der Waals surface area contributed by atoms with Crippen molar-refractivity contribution in [3.8, 4) is 0 Å². The molecule has 0 fully saturated rings. The Morgan fingerprint density at radius 3 is 2.77 bits per heavy atom. The minimum absolute atomic E-state index is 0.467. The molecule has 0 aliphatic carbocycles. The van der Waals surface area contributed by atoms with Gasteiger partial charge in [0, 0.05) is 50.2 Å². The molecule has 0 bridgehead atoms. The van der Waals surface area contributed by atoms with E-state index >= 15 is 0 Å². The number of pyridine rings is 1. The van der Waals surface area contributed by atoms with Crippen molar-refractivity contribution in [3.63, 3.8) is 0 Å². The third kappa shape index (κ3) is 3.36. The predicted octanol–water partition coefficient (Wildman–Crippen LogP) is 3.10. The summed E-state index contributed by atoms with van der Waals surface area (Å²) in [5.41, 5.74) is 2.17. The van der Waals surface area contributed by atoms with Gasteiger partial charge in [-0.15, -0.1) is 0 Å². The fourth-order valence-corrected chi connectivity index (χ4v) is 2.64. The molecule has 0 saturated heterocycles. The Morgan fingerprint density at radius 2 is 2.05 bits per heavy atom. The highest BCUT2D eigenvalue weighted by Crippen LogP contribution is 2.28. The van der Waals surface area contributed by atoms with Gasteiger partial charge < -0.3 is 0 Å². The fraction of sp³-hybridized carbons (Fsp3) is 0.357. The maximum absolute atomic E-state index is 12.6. The summed E-state index contributed by atoms with van der Waals surface area (Å²) in [6, 6.07) is 1.83. The van der Waals surface area contributed by atoms with Crippen molar-refractivity contribution in [2.75, 3.05) is 6.54 Å². The standard InChI is InChI=1S/C14H12ClF3N4/c15-11-3-9(4-19-6-11)7-22-2-1-12-10(8-22)5-20-13(21-12)14(16,17)18/h3-6H,1-2,7-8H2. The molecule has 3 heterocycles. The molecule has 0 radical (unpaired) electrons. The molecule has 0 N–H and O–H groups in total. The van der Waals surface area contributed by atoms with Gasteiger partial charge in [0.15, 0.2) is 0 Å². The number of halogens is 4. The van der Waals surface area contributed by atoms with E-state index < -0.39 is 12.0 Å². The summed E-state index contributed by atoms with van der Waals surface area (Å²) < 4.78 is 37.8. The lowest BCUT2D eigenvalue weighted by molar-refractivity contribution is -0.145. The van der Waals surface area contributed by atoms with Crippen molar-refractivity contribution in [1.82, 2.24) is 19.9 Å². The normalized spacial score (nSPS) is 15.6. The highest BCUT2D eigenvalue weighted by molar-refractivity contribution is 6.30. The Hall–Kier alpha value is -1.73. The van der Waals surface area contributed by atoms with E-state index in [1.54, 1.807) is 12.4 Å². The molecule has 0 unspecified atom stereocenters. The summed E-state index contributed by atoms with van der Waals surface area (Å²) in [7, 11) is 0. The smallest absolute Gasteiger partial charge is 0.294 e. The molecule has 0 amide bonds. The lowest BCUT2D eigenvalue weighted by atomic mass is 10.1. The summed E-state index contributed by atoms with van der Waals surface area (Å²) in [5.74, 6) is -1.07. The van der Waals surface area contributed by atoms with Crippen molar-refractivity contribution in [2.45, 2.75) is 25.7 Å². The zero-order valence-electron chi connectivity index (χ0n) is 11.4. The highest BCUT2D eigenvalue weighted by atomic mass is 35.5. The fourth-order valence-electron chi connectivity index (χ4n) is 2.45. The minimum Gasteiger partial charge on any atom is -0.294 e. The summed E-state index contributed by atoms with van der Waals surface area (Å²) in [4.78, 5) is 13.2. The Labute approximate surface area is 130 Å². The lowest BCUT2D eigenvalue weighted by Gasteiger charge is -2.28. The van der Waals surface area contributed by atoms with Crippen LogP contribution < -0.4 is 0 Å². The molecule has 22 heavy (non-hydrogen) atoms. The van der Waals surface area contributed by atoms with Gasteiger partial charge >= 0.3 is 6.18 Å². The number of hydrogen-bond donors (Lipinski definition) is 0. The van der Waals surface area contributed by atoms with E-state index in [0.29, 0.717) is 36.8 Å². The van der Waals surface area contributed by atoms with E-state index in [-0.39, 0.29) is 0 Å². The van der Waals surface area contributed by atoms with E-state index in [1.165, 1.54) is 6.20 Å². The van der Waals surface area contributed by atoms with Crippen LogP contribution in [0.25, 0.3) is 0 Å². The first-order chi connectivity index (χ1) is 10.4. The number of hydrogen-bond acceptors (Lipinski definition) is 4. The van der Waals surface area contributed by atoms with E-state index in [2.05, 4.69) is 19.9 Å². The van der Waals surface area contributed by atoms with E-state index in [0.717, 1.165) is 11.1 Å². The molecular weight excluding hydrogens is 317 g/mol. The lowest BCUT2D eigenvalue weighted by Crippen LogP contribution is -2.31. The Balaban J connectivity index is 1.74. The first-order valence-electron chi connectivity index (χ1n) is 6.65. The van der Waals surface area contributed by atoms with Crippen molar-refractivity contribution < 1.29 is 13.2 Å². The van der Waals surface area contributed by atoms with Gasteiger partial charge in [0.05, 0.1) is 10.7 Å². The van der Waals surface area contributed by atoms with Crippen molar-refractivity contribution in [1.29, 1.82) is 0 Å². The largest absolute Gasteiger partial charge is 0.451 e. The summed E-state index contributed by atoms with van der Waals surface area (Å²) in [5, 5.41) is 0.563. The number of aromatic nitrogens is 3. The van der Waals surface area contributed by atoms with Crippen LogP contribution >= 0.6 is 11.6 Å². The molecule has 8 heteroatoms. The van der Waals surface area contributed by atoms with Crippen LogP contribution in [0.15, 0.2) is 24.7 Å². The van der Waals surface area contributed by atoms with Gasteiger partial charge in [0.25, 0.3) is 0 Å². The highest BCUT2D eigenvalue weighted by Gasteiger charge is 2.35. The number of nitrogens with zero attached hydrogens (tertiary/aromatic N) is 4. The molecule has 3 rings (SSSR count). The van der Waals surface area contributed by atoms with Crippen molar-refractivity contribution >= 4 is 11.6 Å². The summed E-state index contributed by atoms with van der Waals surface area (Å²) in [6.45, 7) is 1.78. The minimum atomic E-state index is -4.50. The Bertz CT molecular complexity index is 690. The third-order valence-electron chi connectivity index (χ3n) is 3.43. The van der Waals surface area contributed by atoms with Gasteiger partial charge in [-0.3, -0.25) is 9.88 Å². The van der Waals surface area contributed by atoms with Crippen molar-refractivity contribution in [3.05, 3.63) is 52.3 Å². The zero-order chi connectivity index (χ0) is 15.7. The van der Waals surface area contributed by atoms with Crippen molar-refractivity contribution in [2.24, 2.45) is 0 Å².